The Morgan fingerprint density at radius 1 is 1.14 bits per heavy atom. The van der Waals surface area contributed by atoms with E-state index < -0.39 is 0 Å². The quantitative estimate of drug-likeness (QED) is 0.743. The zero-order valence-corrected chi connectivity index (χ0v) is 17.9. The van der Waals surface area contributed by atoms with Gasteiger partial charge in [-0.05, 0) is 30.9 Å². The standard InChI is InChI=1S/C23H31FN4O/c1-5-21-19(15-18-8-6-7-9-20(18)24)23(26-17(4)25-21)28-12-10-27(11-13-28)22(29)14-16(2)3/h6-9,16H,5,10-15H2,1-4H3. The van der Waals surface area contributed by atoms with Crippen LogP contribution in [0.2, 0.25) is 0 Å². The third-order valence-electron chi connectivity index (χ3n) is 5.36. The minimum absolute atomic E-state index is 0.204. The fraction of sp³-hybridized carbons (Fsp3) is 0.522. The van der Waals surface area contributed by atoms with Crippen molar-refractivity contribution in [3.63, 3.8) is 0 Å². The first-order valence-corrected chi connectivity index (χ1v) is 10.5. The molecule has 2 heterocycles. The van der Waals surface area contributed by atoms with Gasteiger partial charge in [0.2, 0.25) is 5.91 Å². The van der Waals surface area contributed by atoms with E-state index in [0.717, 1.165) is 42.4 Å². The van der Waals surface area contributed by atoms with E-state index in [9.17, 15) is 9.18 Å². The number of anilines is 1. The number of nitrogens with zero attached hydrogens (tertiary/aromatic N) is 4. The predicted octanol–water partition coefficient (Wildman–Crippen LogP) is 3.77. The Labute approximate surface area is 173 Å². The van der Waals surface area contributed by atoms with Gasteiger partial charge in [-0.2, -0.15) is 0 Å². The Morgan fingerprint density at radius 2 is 1.83 bits per heavy atom. The highest BCUT2D eigenvalue weighted by atomic mass is 19.1. The zero-order valence-electron chi connectivity index (χ0n) is 17.9. The number of carbonyl (C=O) groups excluding carboxylic acids is 1. The van der Waals surface area contributed by atoms with Gasteiger partial charge in [-0.25, -0.2) is 14.4 Å². The fourth-order valence-electron chi connectivity index (χ4n) is 3.85. The molecule has 1 aliphatic heterocycles. The lowest BCUT2D eigenvalue weighted by atomic mass is 10.0. The number of piperazine rings is 1. The number of rotatable bonds is 6. The summed E-state index contributed by atoms with van der Waals surface area (Å²) in [4.78, 5) is 25.9. The molecule has 1 saturated heterocycles. The predicted molar refractivity (Wildman–Crippen MR) is 114 cm³/mol. The Morgan fingerprint density at radius 3 is 2.45 bits per heavy atom. The molecule has 1 aromatic carbocycles. The minimum atomic E-state index is -0.204. The Hall–Kier alpha value is -2.50. The van der Waals surface area contributed by atoms with Gasteiger partial charge in [0.1, 0.15) is 17.5 Å². The number of hydrogen-bond acceptors (Lipinski definition) is 4. The average Bonchev–Trinajstić information content (AvgIpc) is 2.70. The van der Waals surface area contributed by atoms with Crippen molar-refractivity contribution in [2.75, 3.05) is 31.1 Å². The topological polar surface area (TPSA) is 49.3 Å². The lowest BCUT2D eigenvalue weighted by molar-refractivity contribution is -0.132. The fourth-order valence-corrected chi connectivity index (χ4v) is 3.85. The molecule has 0 atom stereocenters. The maximum absolute atomic E-state index is 14.3. The number of aromatic nitrogens is 2. The molecule has 0 N–H and O–H groups in total. The van der Waals surface area contributed by atoms with E-state index in [4.69, 9.17) is 4.98 Å². The van der Waals surface area contributed by atoms with E-state index in [1.807, 2.05) is 24.0 Å². The second-order valence-corrected chi connectivity index (χ2v) is 8.11. The molecule has 0 radical (unpaired) electrons. The van der Waals surface area contributed by atoms with Crippen molar-refractivity contribution in [3.8, 4) is 0 Å². The van der Waals surface area contributed by atoms with Crippen LogP contribution < -0.4 is 4.90 Å². The molecule has 0 unspecified atom stereocenters. The molecule has 1 aliphatic rings. The van der Waals surface area contributed by atoms with Crippen LogP contribution in [-0.4, -0.2) is 47.0 Å². The summed E-state index contributed by atoms with van der Waals surface area (Å²) in [5.74, 6) is 2.00. The van der Waals surface area contributed by atoms with Crippen LogP contribution in [0.3, 0.4) is 0 Å². The van der Waals surface area contributed by atoms with Crippen molar-refractivity contribution >= 4 is 11.7 Å². The van der Waals surface area contributed by atoms with Gasteiger partial charge in [0, 0.05) is 50.3 Å². The van der Waals surface area contributed by atoms with Gasteiger partial charge in [-0.1, -0.05) is 39.0 Å². The number of aryl methyl sites for hydroxylation is 2. The summed E-state index contributed by atoms with van der Waals surface area (Å²) >= 11 is 0. The van der Waals surface area contributed by atoms with Crippen molar-refractivity contribution < 1.29 is 9.18 Å². The third kappa shape index (κ3) is 5.11. The molecular formula is C23H31FN4O. The first-order chi connectivity index (χ1) is 13.9. The van der Waals surface area contributed by atoms with Gasteiger partial charge in [0.05, 0.1) is 0 Å². The lowest BCUT2D eigenvalue weighted by Gasteiger charge is -2.37. The average molecular weight is 399 g/mol. The monoisotopic (exact) mass is 398 g/mol. The van der Waals surface area contributed by atoms with Crippen LogP contribution in [0, 0.1) is 18.7 Å². The molecule has 0 bridgehead atoms. The molecule has 0 saturated carbocycles. The van der Waals surface area contributed by atoms with E-state index in [0.29, 0.717) is 37.4 Å². The van der Waals surface area contributed by atoms with Gasteiger partial charge < -0.3 is 9.80 Å². The van der Waals surface area contributed by atoms with Gasteiger partial charge >= 0.3 is 0 Å². The van der Waals surface area contributed by atoms with Crippen molar-refractivity contribution in [3.05, 3.63) is 52.7 Å². The smallest absolute Gasteiger partial charge is 0.222 e. The third-order valence-corrected chi connectivity index (χ3v) is 5.36. The van der Waals surface area contributed by atoms with Gasteiger partial charge in [-0.15, -0.1) is 0 Å². The van der Waals surface area contributed by atoms with Crippen LogP contribution in [0.5, 0.6) is 0 Å². The van der Waals surface area contributed by atoms with E-state index >= 15 is 0 Å². The molecule has 6 heteroatoms. The Kier molecular flexibility index (Phi) is 6.83. The Bertz CT molecular complexity index is 860. The molecule has 0 aliphatic carbocycles. The largest absolute Gasteiger partial charge is 0.353 e. The molecule has 1 amide bonds. The molecule has 3 rings (SSSR count). The first kappa shape index (κ1) is 21.2. The van der Waals surface area contributed by atoms with Crippen LogP contribution >= 0.6 is 0 Å². The van der Waals surface area contributed by atoms with Crippen molar-refractivity contribution in [2.45, 2.75) is 47.0 Å². The molecule has 5 nitrogen and oxygen atoms in total. The van der Waals surface area contributed by atoms with Crippen LogP contribution in [0.15, 0.2) is 24.3 Å². The number of halogens is 1. The van der Waals surface area contributed by atoms with E-state index in [2.05, 4.69) is 30.7 Å². The van der Waals surface area contributed by atoms with E-state index in [1.54, 1.807) is 6.07 Å². The number of benzene rings is 1. The van der Waals surface area contributed by atoms with E-state index in [1.165, 1.54) is 6.07 Å². The number of hydrogen-bond donors (Lipinski definition) is 0. The Balaban J connectivity index is 1.85. The number of carbonyl (C=O) groups is 1. The molecule has 0 spiro atoms. The summed E-state index contributed by atoms with van der Waals surface area (Å²) in [6.07, 6.45) is 1.83. The molecule has 1 aromatic heterocycles. The summed E-state index contributed by atoms with van der Waals surface area (Å²) in [6.45, 7) is 10.9. The van der Waals surface area contributed by atoms with Gasteiger partial charge in [0.15, 0.2) is 0 Å². The van der Waals surface area contributed by atoms with Crippen molar-refractivity contribution in [2.24, 2.45) is 5.92 Å². The summed E-state index contributed by atoms with van der Waals surface area (Å²) in [5.41, 5.74) is 2.61. The van der Waals surface area contributed by atoms with Crippen LogP contribution in [0.1, 0.15) is 49.8 Å². The minimum Gasteiger partial charge on any atom is -0.353 e. The molecule has 1 fully saturated rings. The highest BCUT2D eigenvalue weighted by Crippen LogP contribution is 2.27. The summed E-state index contributed by atoms with van der Waals surface area (Å²) in [6, 6.07) is 6.88. The maximum Gasteiger partial charge on any atom is 0.222 e. The normalized spacial score (nSPS) is 14.6. The second kappa shape index (κ2) is 9.33. The van der Waals surface area contributed by atoms with Crippen LogP contribution in [0.4, 0.5) is 10.2 Å². The number of amides is 1. The molecule has 156 valence electrons. The van der Waals surface area contributed by atoms with Crippen LogP contribution in [-0.2, 0) is 17.6 Å². The van der Waals surface area contributed by atoms with Crippen molar-refractivity contribution in [1.82, 2.24) is 14.9 Å². The zero-order chi connectivity index (χ0) is 21.0. The summed E-state index contributed by atoms with van der Waals surface area (Å²) in [5, 5.41) is 0. The highest BCUT2D eigenvalue weighted by molar-refractivity contribution is 5.76. The van der Waals surface area contributed by atoms with Gasteiger partial charge in [-0.3, -0.25) is 4.79 Å². The molecular weight excluding hydrogens is 367 g/mol. The SMILES string of the molecule is CCc1nc(C)nc(N2CCN(C(=O)CC(C)C)CC2)c1Cc1ccccc1F. The maximum atomic E-state index is 14.3. The van der Waals surface area contributed by atoms with Crippen molar-refractivity contribution in [1.29, 1.82) is 0 Å². The first-order valence-electron chi connectivity index (χ1n) is 10.5. The van der Waals surface area contributed by atoms with Crippen LogP contribution in [0.25, 0.3) is 0 Å². The van der Waals surface area contributed by atoms with E-state index in [-0.39, 0.29) is 11.7 Å². The summed E-state index contributed by atoms with van der Waals surface area (Å²) in [7, 11) is 0. The lowest BCUT2D eigenvalue weighted by Crippen LogP contribution is -2.49. The van der Waals surface area contributed by atoms with Gasteiger partial charge in [0.25, 0.3) is 0 Å². The molecule has 2 aromatic rings. The highest BCUT2D eigenvalue weighted by Gasteiger charge is 2.25. The second-order valence-electron chi connectivity index (χ2n) is 8.11. The summed E-state index contributed by atoms with van der Waals surface area (Å²) < 4.78 is 14.3. The molecule has 29 heavy (non-hydrogen) atoms.